The Morgan fingerprint density at radius 2 is 2.15 bits per heavy atom. The molecule has 0 saturated carbocycles. The molecule has 110 valence electrons. The van der Waals surface area contributed by atoms with Crippen molar-refractivity contribution in [2.45, 2.75) is 39.3 Å². The SMILES string of the molecule is Cc1ccc(C)c(C(C)NC(=O)COC2(C)CNC2)c1. The van der Waals surface area contributed by atoms with Crippen molar-refractivity contribution in [3.05, 3.63) is 34.9 Å². The molecule has 1 aromatic carbocycles. The molecule has 1 unspecified atom stereocenters. The maximum atomic E-state index is 12.0. The summed E-state index contributed by atoms with van der Waals surface area (Å²) in [5, 5.41) is 6.15. The number of carbonyl (C=O) groups is 1. The Morgan fingerprint density at radius 3 is 2.75 bits per heavy atom. The van der Waals surface area contributed by atoms with Crippen LogP contribution >= 0.6 is 0 Å². The van der Waals surface area contributed by atoms with Gasteiger partial charge in [-0.25, -0.2) is 0 Å². The fourth-order valence-electron chi connectivity index (χ4n) is 2.41. The Hall–Kier alpha value is -1.39. The molecule has 0 aliphatic carbocycles. The molecule has 0 bridgehead atoms. The fourth-order valence-corrected chi connectivity index (χ4v) is 2.41. The lowest BCUT2D eigenvalue weighted by molar-refractivity contribution is -0.136. The predicted molar refractivity (Wildman–Crippen MR) is 79.7 cm³/mol. The average molecular weight is 276 g/mol. The van der Waals surface area contributed by atoms with Gasteiger partial charge in [-0.1, -0.05) is 23.8 Å². The number of nitrogens with one attached hydrogen (secondary N) is 2. The van der Waals surface area contributed by atoms with Crippen molar-refractivity contribution in [2.75, 3.05) is 19.7 Å². The second-order valence-electron chi connectivity index (χ2n) is 5.99. The van der Waals surface area contributed by atoms with Crippen molar-refractivity contribution in [3.8, 4) is 0 Å². The van der Waals surface area contributed by atoms with Gasteiger partial charge in [-0.2, -0.15) is 0 Å². The highest BCUT2D eigenvalue weighted by Crippen LogP contribution is 2.19. The van der Waals surface area contributed by atoms with Crippen LogP contribution in [0.15, 0.2) is 18.2 Å². The number of carbonyl (C=O) groups excluding carboxylic acids is 1. The molecule has 1 heterocycles. The van der Waals surface area contributed by atoms with Crippen molar-refractivity contribution >= 4 is 5.91 Å². The zero-order valence-electron chi connectivity index (χ0n) is 12.7. The van der Waals surface area contributed by atoms with Gasteiger partial charge in [0, 0.05) is 13.1 Å². The van der Waals surface area contributed by atoms with Crippen LogP contribution in [0.25, 0.3) is 0 Å². The molecule has 4 nitrogen and oxygen atoms in total. The van der Waals surface area contributed by atoms with E-state index < -0.39 is 0 Å². The van der Waals surface area contributed by atoms with Gasteiger partial charge in [-0.15, -0.1) is 0 Å². The molecule has 4 heteroatoms. The maximum absolute atomic E-state index is 12.0. The van der Waals surface area contributed by atoms with Crippen LogP contribution in [0.4, 0.5) is 0 Å². The summed E-state index contributed by atoms with van der Waals surface area (Å²) in [6, 6.07) is 6.29. The van der Waals surface area contributed by atoms with E-state index in [2.05, 4.69) is 42.7 Å². The molecule has 1 aliphatic heterocycles. The van der Waals surface area contributed by atoms with Crippen LogP contribution in [-0.2, 0) is 9.53 Å². The Kier molecular flexibility index (Phi) is 4.45. The van der Waals surface area contributed by atoms with Crippen molar-refractivity contribution in [1.82, 2.24) is 10.6 Å². The number of amides is 1. The van der Waals surface area contributed by atoms with Crippen LogP contribution in [0, 0.1) is 13.8 Å². The average Bonchev–Trinajstić information content (AvgIpc) is 2.37. The first-order valence-corrected chi connectivity index (χ1v) is 7.11. The highest BCUT2D eigenvalue weighted by atomic mass is 16.5. The fraction of sp³-hybridized carbons (Fsp3) is 0.562. The second-order valence-corrected chi connectivity index (χ2v) is 5.99. The minimum absolute atomic E-state index is 0.00155. The molecule has 1 amide bonds. The summed E-state index contributed by atoms with van der Waals surface area (Å²) in [5.74, 6) is -0.0634. The number of benzene rings is 1. The minimum Gasteiger partial charge on any atom is -0.363 e. The third-order valence-corrected chi connectivity index (χ3v) is 3.83. The Balaban J connectivity index is 1.88. The molecule has 2 rings (SSSR count). The molecular weight excluding hydrogens is 252 g/mol. The van der Waals surface area contributed by atoms with E-state index >= 15 is 0 Å². The smallest absolute Gasteiger partial charge is 0.246 e. The third-order valence-electron chi connectivity index (χ3n) is 3.83. The van der Waals surface area contributed by atoms with Gasteiger partial charge in [0.2, 0.25) is 5.91 Å². The molecule has 20 heavy (non-hydrogen) atoms. The van der Waals surface area contributed by atoms with Gasteiger partial charge >= 0.3 is 0 Å². The normalized spacial score (nSPS) is 18.2. The number of hydrogen-bond acceptors (Lipinski definition) is 3. The first kappa shape index (κ1) is 15.0. The maximum Gasteiger partial charge on any atom is 0.246 e. The van der Waals surface area contributed by atoms with E-state index in [4.69, 9.17) is 4.74 Å². The zero-order chi connectivity index (χ0) is 14.8. The third kappa shape index (κ3) is 3.58. The summed E-state index contributed by atoms with van der Waals surface area (Å²) in [5.41, 5.74) is 3.38. The van der Waals surface area contributed by atoms with Gasteiger partial charge in [-0.3, -0.25) is 4.79 Å². The van der Waals surface area contributed by atoms with Gasteiger partial charge in [0.25, 0.3) is 0 Å². The summed E-state index contributed by atoms with van der Waals surface area (Å²) in [6.45, 7) is 9.89. The molecule has 1 fully saturated rings. The molecule has 1 aromatic rings. The molecule has 2 N–H and O–H groups in total. The van der Waals surface area contributed by atoms with Gasteiger partial charge in [-0.05, 0) is 38.8 Å². The standard InChI is InChI=1S/C16H24N2O2/c1-11-5-6-12(2)14(7-11)13(3)18-15(19)8-20-16(4)9-17-10-16/h5-7,13,17H,8-10H2,1-4H3,(H,18,19). The molecule has 1 aliphatic rings. The summed E-state index contributed by atoms with van der Waals surface area (Å²) < 4.78 is 5.64. The van der Waals surface area contributed by atoms with E-state index in [1.54, 1.807) is 0 Å². The molecule has 0 spiro atoms. The number of hydrogen-bond donors (Lipinski definition) is 2. The quantitative estimate of drug-likeness (QED) is 0.863. The van der Waals surface area contributed by atoms with E-state index in [9.17, 15) is 4.79 Å². The van der Waals surface area contributed by atoms with E-state index in [0.29, 0.717) is 0 Å². The van der Waals surface area contributed by atoms with Crippen LogP contribution < -0.4 is 10.6 Å². The first-order valence-electron chi connectivity index (χ1n) is 7.11. The predicted octanol–water partition coefficient (Wildman–Crippen LogP) is 1.86. The number of aryl methyl sites for hydroxylation is 2. The molecule has 0 aromatic heterocycles. The molecular formula is C16H24N2O2. The topological polar surface area (TPSA) is 50.4 Å². The molecule has 1 atom stereocenters. The summed E-state index contributed by atoms with van der Waals surface area (Å²) in [7, 11) is 0. The Bertz CT molecular complexity index is 495. The zero-order valence-corrected chi connectivity index (χ0v) is 12.7. The lowest BCUT2D eigenvalue weighted by Crippen LogP contribution is -2.59. The summed E-state index contributed by atoms with van der Waals surface area (Å²) >= 11 is 0. The van der Waals surface area contributed by atoms with Crippen molar-refractivity contribution in [3.63, 3.8) is 0 Å². The van der Waals surface area contributed by atoms with Crippen LogP contribution in [0.5, 0.6) is 0 Å². The largest absolute Gasteiger partial charge is 0.363 e. The number of ether oxygens (including phenoxy) is 1. The van der Waals surface area contributed by atoms with Crippen molar-refractivity contribution in [1.29, 1.82) is 0 Å². The van der Waals surface area contributed by atoms with Gasteiger partial charge in [0.15, 0.2) is 0 Å². The lowest BCUT2D eigenvalue weighted by atomic mass is 10.00. The highest BCUT2D eigenvalue weighted by Gasteiger charge is 2.33. The van der Waals surface area contributed by atoms with Crippen LogP contribution in [0.2, 0.25) is 0 Å². The van der Waals surface area contributed by atoms with Gasteiger partial charge in [0.1, 0.15) is 6.61 Å². The Morgan fingerprint density at radius 1 is 1.45 bits per heavy atom. The van der Waals surface area contributed by atoms with E-state index in [1.165, 1.54) is 11.1 Å². The monoisotopic (exact) mass is 276 g/mol. The van der Waals surface area contributed by atoms with Crippen LogP contribution in [0.3, 0.4) is 0 Å². The molecule has 0 radical (unpaired) electrons. The van der Waals surface area contributed by atoms with E-state index in [-0.39, 0.29) is 24.2 Å². The highest BCUT2D eigenvalue weighted by molar-refractivity contribution is 5.77. The lowest BCUT2D eigenvalue weighted by Gasteiger charge is -2.38. The number of rotatable bonds is 5. The van der Waals surface area contributed by atoms with Crippen molar-refractivity contribution < 1.29 is 9.53 Å². The van der Waals surface area contributed by atoms with Gasteiger partial charge < -0.3 is 15.4 Å². The molecule has 1 saturated heterocycles. The van der Waals surface area contributed by atoms with Crippen LogP contribution in [0.1, 0.15) is 36.6 Å². The summed E-state index contributed by atoms with van der Waals surface area (Å²) in [6.07, 6.45) is 0. The van der Waals surface area contributed by atoms with E-state index in [1.807, 2.05) is 13.8 Å². The second kappa shape index (κ2) is 5.94. The van der Waals surface area contributed by atoms with Crippen molar-refractivity contribution in [2.24, 2.45) is 0 Å². The van der Waals surface area contributed by atoms with Gasteiger partial charge in [0.05, 0.1) is 11.6 Å². The minimum atomic E-state index is -0.181. The first-order chi connectivity index (χ1) is 9.39. The summed E-state index contributed by atoms with van der Waals surface area (Å²) in [4.78, 5) is 12.0. The Labute approximate surface area is 120 Å². The van der Waals surface area contributed by atoms with Crippen LogP contribution in [-0.4, -0.2) is 31.2 Å². The van der Waals surface area contributed by atoms with E-state index in [0.717, 1.165) is 18.7 Å².